The van der Waals surface area contributed by atoms with Gasteiger partial charge in [-0.05, 0) is 51.8 Å². The molecule has 0 spiro atoms. The van der Waals surface area contributed by atoms with Crippen LogP contribution in [0.25, 0.3) is 10.8 Å². The molecule has 3 nitrogen and oxygen atoms in total. The molecule has 0 bridgehead atoms. The maximum absolute atomic E-state index is 13.6. The van der Waals surface area contributed by atoms with Gasteiger partial charge < -0.3 is 10.1 Å². The summed E-state index contributed by atoms with van der Waals surface area (Å²) in [6.45, 7) is 1.62. The van der Waals surface area contributed by atoms with E-state index >= 15 is 0 Å². The second-order valence-corrected chi connectivity index (χ2v) is 6.12. The van der Waals surface area contributed by atoms with E-state index in [1.165, 1.54) is 12.1 Å². The van der Waals surface area contributed by atoms with Crippen molar-refractivity contribution in [3.63, 3.8) is 0 Å². The summed E-state index contributed by atoms with van der Waals surface area (Å²) in [4.78, 5) is 12.2. The summed E-state index contributed by atoms with van der Waals surface area (Å²) < 4.78 is 20.1. The number of halogens is 2. The molecule has 0 heterocycles. The van der Waals surface area contributed by atoms with Gasteiger partial charge in [0.15, 0.2) is 6.10 Å². The van der Waals surface area contributed by atoms with Crippen LogP contribution >= 0.6 is 15.9 Å². The third-order valence-corrected chi connectivity index (χ3v) is 4.45. The van der Waals surface area contributed by atoms with Crippen molar-refractivity contribution in [3.8, 4) is 5.75 Å². The smallest absolute Gasteiger partial charge is 0.265 e. The van der Waals surface area contributed by atoms with Crippen LogP contribution in [0.15, 0.2) is 65.1 Å². The van der Waals surface area contributed by atoms with E-state index < -0.39 is 17.8 Å². The molecular weight excluding hydrogens is 373 g/mol. The zero-order chi connectivity index (χ0) is 17.1. The first-order valence-electron chi connectivity index (χ1n) is 7.45. The molecule has 1 N–H and O–H groups in total. The van der Waals surface area contributed by atoms with Gasteiger partial charge in [0.05, 0.1) is 10.2 Å². The fourth-order valence-corrected chi connectivity index (χ4v) is 2.93. The van der Waals surface area contributed by atoms with E-state index in [0.717, 1.165) is 15.2 Å². The highest BCUT2D eigenvalue weighted by molar-refractivity contribution is 9.10. The number of nitrogens with one attached hydrogen (secondary N) is 1. The average molecular weight is 388 g/mol. The van der Waals surface area contributed by atoms with Gasteiger partial charge in [-0.15, -0.1) is 0 Å². The molecule has 3 rings (SSSR count). The van der Waals surface area contributed by atoms with Crippen LogP contribution in [0.3, 0.4) is 0 Å². The van der Waals surface area contributed by atoms with E-state index in [1.54, 1.807) is 25.1 Å². The Morgan fingerprint density at radius 3 is 2.58 bits per heavy atom. The Labute approximate surface area is 147 Å². The van der Waals surface area contributed by atoms with E-state index in [-0.39, 0.29) is 5.69 Å². The average Bonchev–Trinajstić information content (AvgIpc) is 2.59. The molecule has 122 valence electrons. The van der Waals surface area contributed by atoms with E-state index in [0.29, 0.717) is 5.75 Å². The standard InChI is InChI=1S/C19H15BrFNO2/c1-12(19(23)22-16-9-5-4-8-15(16)21)24-17-11-10-13-6-2-3-7-14(13)18(17)20/h2-12H,1H3,(H,22,23). The summed E-state index contributed by atoms with van der Waals surface area (Å²) in [6, 6.07) is 17.6. The van der Waals surface area contributed by atoms with Gasteiger partial charge in [0.2, 0.25) is 0 Å². The molecule has 1 atom stereocenters. The van der Waals surface area contributed by atoms with Gasteiger partial charge >= 0.3 is 0 Å². The van der Waals surface area contributed by atoms with Gasteiger partial charge in [0, 0.05) is 0 Å². The Bertz CT molecular complexity index is 897. The Morgan fingerprint density at radius 2 is 1.79 bits per heavy atom. The molecule has 0 fully saturated rings. The van der Waals surface area contributed by atoms with Gasteiger partial charge in [0.25, 0.3) is 5.91 Å². The number of benzene rings is 3. The molecule has 0 aliphatic rings. The fourth-order valence-electron chi connectivity index (χ4n) is 2.35. The Kier molecular flexibility index (Phi) is 4.81. The number of hydrogen-bond acceptors (Lipinski definition) is 2. The van der Waals surface area contributed by atoms with Crippen molar-refractivity contribution in [2.75, 3.05) is 5.32 Å². The number of carbonyl (C=O) groups excluding carboxylic acids is 1. The quantitative estimate of drug-likeness (QED) is 0.672. The summed E-state index contributed by atoms with van der Waals surface area (Å²) in [5.41, 5.74) is 0.135. The summed E-state index contributed by atoms with van der Waals surface area (Å²) in [7, 11) is 0. The van der Waals surface area contributed by atoms with Crippen molar-refractivity contribution in [2.24, 2.45) is 0 Å². The van der Waals surface area contributed by atoms with Crippen LogP contribution in [0.1, 0.15) is 6.92 Å². The van der Waals surface area contributed by atoms with Crippen molar-refractivity contribution in [2.45, 2.75) is 13.0 Å². The number of rotatable bonds is 4. The third kappa shape index (κ3) is 3.41. The van der Waals surface area contributed by atoms with E-state index in [2.05, 4.69) is 21.2 Å². The molecule has 0 aromatic heterocycles. The lowest BCUT2D eigenvalue weighted by Crippen LogP contribution is -2.30. The first kappa shape index (κ1) is 16.5. The summed E-state index contributed by atoms with van der Waals surface area (Å²) in [5.74, 6) is -0.338. The van der Waals surface area contributed by atoms with Gasteiger partial charge in [-0.1, -0.05) is 42.5 Å². The number of carbonyl (C=O) groups is 1. The molecular formula is C19H15BrFNO2. The topological polar surface area (TPSA) is 38.3 Å². The zero-order valence-corrected chi connectivity index (χ0v) is 14.5. The molecule has 5 heteroatoms. The second-order valence-electron chi connectivity index (χ2n) is 5.33. The van der Waals surface area contributed by atoms with Crippen LogP contribution in [0.5, 0.6) is 5.75 Å². The van der Waals surface area contributed by atoms with Crippen LogP contribution in [-0.2, 0) is 4.79 Å². The Balaban J connectivity index is 1.77. The fraction of sp³-hybridized carbons (Fsp3) is 0.105. The number of para-hydroxylation sites is 1. The van der Waals surface area contributed by atoms with Crippen molar-refractivity contribution in [3.05, 3.63) is 71.0 Å². The van der Waals surface area contributed by atoms with E-state index in [9.17, 15) is 9.18 Å². The normalized spacial score (nSPS) is 12.0. The van der Waals surface area contributed by atoms with Gasteiger partial charge in [0.1, 0.15) is 11.6 Å². The molecule has 0 saturated carbocycles. The summed E-state index contributed by atoms with van der Waals surface area (Å²) >= 11 is 3.52. The van der Waals surface area contributed by atoms with Crippen molar-refractivity contribution >= 4 is 38.3 Å². The minimum atomic E-state index is -0.776. The highest BCUT2D eigenvalue weighted by atomic mass is 79.9. The molecule has 3 aromatic carbocycles. The van der Waals surface area contributed by atoms with Crippen LogP contribution in [0, 0.1) is 5.82 Å². The minimum Gasteiger partial charge on any atom is -0.480 e. The van der Waals surface area contributed by atoms with Crippen LogP contribution in [0.2, 0.25) is 0 Å². The van der Waals surface area contributed by atoms with Crippen molar-refractivity contribution in [1.29, 1.82) is 0 Å². The predicted molar refractivity (Wildman–Crippen MR) is 96.8 cm³/mol. The number of fused-ring (bicyclic) bond motifs is 1. The number of ether oxygens (including phenoxy) is 1. The molecule has 24 heavy (non-hydrogen) atoms. The number of amides is 1. The van der Waals surface area contributed by atoms with E-state index in [1.807, 2.05) is 30.3 Å². The molecule has 1 unspecified atom stereocenters. The lowest BCUT2D eigenvalue weighted by molar-refractivity contribution is -0.122. The van der Waals surface area contributed by atoms with Crippen LogP contribution in [-0.4, -0.2) is 12.0 Å². The van der Waals surface area contributed by atoms with Crippen LogP contribution < -0.4 is 10.1 Å². The predicted octanol–water partition coefficient (Wildman–Crippen LogP) is 5.15. The minimum absolute atomic E-state index is 0.135. The molecule has 3 aromatic rings. The molecule has 0 aliphatic heterocycles. The maximum atomic E-state index is 13.6. The van der Waals surface area contributed by atoms with Crippen LogP contribution in [0.4, 0.5) is 10.1 Å². The Morgan fingerprint density at radius 1 is 1.08 bits per heavy atom. The number of anilines is 1. The first-order valence-corrected chi connectivity index (χ1v) is 8.25. The van der Waals surface area contributed by atoms with E-state index in [4.69, 9.17) is 4.74 Å². The molecule has 1 amide bonds. The molecule has 0 aliphatic carbocycles. The zero-order valence-electron chi connectivity index (χ0n) is 12.9. The highest BCUT2D eigenvalue weighted by Crippen LogP contribution is 2.33. The van der Waals surface area contributed by atoms with Gasteiger partial charge in [-0.25, -0.2) is 4.39 Å². The largest absolute Gasteiger partial charge is 0.480 e. The first-order chi connectivity index (χ1) is 11.6. The summed E-state index contributed by atoms with van der Waals surface area (Å²) in [5, 5.41) is 4.60. The van der Waals surface area contributed by atoms with Crippen molar-refractivity contribution in [1.82, 2.24) is 0 Å². The Hall–Kier alpha value is -2.40. The highest BCUT2D eigenvalue weighted by Gasteiger charge is 2.18. The maximum Gasteiger partial charge on any atom is 0.265 e. The summed E-state index contributed by atoms with van der Waals surface area (Å²) in [6.07, 6.45) is -0.776. The van der Waals surface area contributed by atoms with Gasteiger partial charge in [-0.3, -0.25) is 4.79 Å². The van der Waals surface area contributed by atoms with Crippen molar-refractivity contribution < 1.29 is 13.9 Å². The van der Waals surface area contributed by atoms with Gasteiger partial charge in [-0.2, -0.15) is 0 Å². The second kappa shape index (κ2) is 7.01. The monoisotopic (exact) mass is 387 g/mol. The number of hydrogen-bond donors (Lipinski definition) is 1. The third-order valence-electron chi connectivity index (χ3n) is 3.63. The lowest BCUT2D eigenvalue weighted by Gasteiger charge is -2.17. The SMILES string of the molecule is CC(Oc1ccc2ccccc2c1Br)C(=O)Nc1ccccc1F. The lowest BCUT2D eigenvalue weighted by atomic mass is 10.1. The molecule has 0 saturated heterocycles. The molecule has 0 radical (unpaired) electrons.